The fourth-order valence-electron chi connectivity index (χ4n) is 2.06. The second-order valence-corrected chi connectivity index (χ2v) is 7.30. The number of rotatable bonds is 3. The Morgan fingerprint density at radius 1 is 1.45 bits per heavy atom. The molecule has 8 heteroatoms. The first-order valence-corrected chi connectivity index (χ1v) is 8.08. The van der Waals surface area contributed by atoms with Crippen molar-refractivity contribution in [2.75, 3.05) is 11.5 Å². The predicted molar refractivity (Wildman–Crippen MR) is 71.7 cm³/mol. The Morgan fingerprint density at radius 3 is 2.70 bits per heavy atom. The van der Waals surface area contributed by atoms with Gasteiger partial charge in [0.05, 0.1) is 35.1 Å². The van der Waals surface area contributed by atoms with E-state index in [0.717, 1.165) is 6.07 Å². The van der Waals surface area contributed by atoms with Crippen molar-refractivity contribution in [1.29, 1.82) is 0 Å². The van der Waals surface area contributed by atoms with Crippen molar-refractivity contribution in [3.63, 3.8) is 0 Å². The van der Waals surface area contributed by atoms with Gasteiger partial charge in [-0.15, -0.1) is 0 Å². The standard InChI is InChI=1S/C12H13ClFNO4S/c13-8-2-1-7(3-9(8)14)4-12(17)15-10-5-20(18,19)6-11(10)16/h1-3,10-11,16H,4-6H2,(H,15,17)/t10-,11-/m1/s1. The van der Waals surface area contributed by atoms with Gasteiger partial charge < -0.3 is 10.4 Å². The van der Waals surface area contributed by atoms with Gasteiger partial charge in [-0.25, -0.2) is 12.8 Å². The molecule has 1 saturated heterocycles. The minimum Gasteiger partial charge on any atom is -0.390 e. The lowest BCUT2D eigenvalue weighted by atomic mass is 10.1. The molecule has 1 aromatic rings. The highest BCUT2D eigenvalue weighted by molar-refractivity contribution is 7.91. The molecule has 0 saturated carbocycles. The van der Waals surface area contributed by atoms with Gasteiger partial charge in [0.15, 0.2) is 9.84 Å². The number of halogens is 2. The van der Waals surface area contributed by atoms with Crippen LogP contribution in [0.15, 0.2) is 18.2 Å². The Labute approximate surface area is 120 Å². The van der Waals surface area contributed by atoms with Gasteiger partial charge in [0, 0.05) is 0 Å². The topological polar surface area (TPSA) is 83.5 Å². The van der Waals surface area contributed by atoms with Crippen LogP contribution in [0, 0.1) is 5.82 Å². The third-order valence-corrected chi connectivity index (χ3v) is 5.04. The van der Waals surface area contributed by atoms with E-state index >= 15 is 0 Å². The molecule has 0 unspecified atom stereocenters. The lowest BCUT2D eigenvalue weighted by Crippen LogP contribution is -2.43. The van der Waals surface area contributed by atoms with Gasteiger partial charge >= 0.3 is 0 Å². The molecule has 0 bridgehead atoms. The third-order valence-electron chi connectivity index (χ3n) is 3.02. The molecule has 1 aliphatic heterocycles. The molecule has 1 aliphatic rings. The van der Waals surface area contributed by atoms with Gasteiger partial charge in [-0.1, -0.05) is 17.7 Å². The molecule has 0 radical (unpaired) electrons. The molecule has 0 spiro atoms. The Hall–Kier alpha value is -1.18. The second kappa shape index (κ2) is 5.67. The van der Waals surface area contributed by atoms with Crippen LogP contribution in [0.3, 0.4) is 0 Å². The van der Waals surface area contributed by atoms with E-state index in [4.69, 9.17) is 11.6 Å². The van der Waals surface area contributed by atoms with Crippen molar-refractivity contribution in [2.24, 2.45) is 0 Å². The first-order valence-electron chi connectivity index (χ1n) is 5.88. The molecule has 2 rings (SSSR count). The van der Waals surface area contributed by atoms with Gasteiger partial charge in [0.25, 0.3) is 0 Å². The molecule has 2 atom stereocenters. The number of aliphatic hydroxyl groups excluding tert-OH is 1. The first-order chi connectivity index (χ1) is 9.27. The van der Waals surface area contributed by atoms with Crippen LogP contribution in [0.2, 0.25) is 5.02 Å². The Bertz CT molecular complexity index is 634. The summed E-state index contributed by atoms with van der Waals surface area (Å²) in [6, 6.07) is 3.18. The van der Waals surface area contributed by atoms with E-state index in [-0.39, 0.29) is 22.9 Å². The number of nitrogens with one attached hydrogen (secondary N) is 1. The number of carbonyl (C=O) groups excluding carboxylic acids is 1. The molecule has 5 nitrogen and oxygen atoms in total. The summed E-state index contributed by atoms with van der Waals surface area (Å²) < 4.78 is 35.8. The molecule has 1 heterocycles. The summed E-state index contributed by atoms with van der Waals surface area (Å²) in [6.45, 7) is 0. The Morgan fingerprint density at radius 2 is 2.15 bits per heavy atom. The average molecular weight is 322 g/mol. The summed E-state index contributed by atoms with van der Waals surface area (Å²) in [5, 5.41) is 12.0. The highest BCUT2D eigenvalue weighted by Crippen LogP contribution is 2.16. The highest BCUT2D eigenvalue weighted by atomic mass is 35.5. The average Bonchev–Trinajstić information content (AvgIpc) is 2.57. The largest absolute Gasteiger partial charge is 0.390 e. The van der Waals surface area contributed by atoms with Crippen LogP contribution in [0.4, 0.5) is 4.39 Å². The van der Waals surface area contributed by atoms with Crippen molar-refractivity contribution >= 4 is 27.3 Å². The second-order valence-electron chi connectivity index (χ2n) is 4.74. The van der Waals surface area contributed by atoms with Gasteiger partial charge in [-0.3, -0.25) is 4.79 Å². The van der Waals surface area contributed by atoms with E-state index in [1.807, 2.05) is 0 Å². The minimum absolute atomic E-state index is 0.0357. The number of aliphatic hydroxyl groups is 1. The monoisotopic (exact) mass is 321 g/mol. The van der Waals surface area contributed by atoms with Crippen molar-refractivity contribution in [2.45, 2.75) is 18.6 Å². The van der Waals surface area contributed by atoms with E-state index in [9.17, 15) is 22.7 Å². The molecule has 0 aromatic heterocycles. The fraction of sp³-hybridized carbons (Fsp3) is 0.417. The van der Waals surface area contributed by atoms with Crippen LogP contribution in [0.1, 0.15) is 5.56 Å². The number of hydrogen-bond acceptors (Lipinski definition) is 4. The quantitative estimate of drug-likeness (QED) is 0.838. The van der Waals surface area contributed by atoms with Crippen LogP contribution in [0.5, 0.6) is 0 Å². The SMILES string of the molecule is O=C(Cc1ccc(Cl)c(F)c1)N[C@@H]1CS(=O)(=O)C[C@H]1O. The molecule has 2 N–H and O–H groups in total. The van der Waals surface area contributed by atoms with E-state index in [0.29, 0.717) is 5.56 Å². The minimum atomic E-state index is -3.32. The zero-order valence-electron chi connectivity index (χ0n) is 10.3. The zero-order valence-corrected chi connectivity index (χ0v) is 11.9. The maximum absolute atomic E-state index is 13.2. The molecular formula is C12H13ClFNO4S. The molecule has 20 heavy (non-hydrogen) atoms. The lowest BCUT2D eigenvalue weighted by molar-refractivity contribution is -0.121. The summed E-state index contributed by atoms with van der Waals surface area (Å²) in [5.41, 5.74) is 0.416. The maximum atomic E-state index is 13.2. The number of hydrogen-bond donors (Lipinski definition) is 2. The summed E-state index contributed by atoms with van der Waals surface area (Å²) >= 11 is 5.53. The van der Waals surface area contributed by atoms with Gasteiger partial charge in [0.1, 0.15) is 5.82 Å². The van der Waals surface area contributed by atoms with Crippen LogP contribution < -0.4 is 5.32 Å². The first kappa shape index (κ1) is 15.2. The zero-order chi connectivity index (χ0) is 14.9. The van der Waals surface area contributed by atoms with E-state index in [1.165, 1.54) is 12.1 Å². The van der Waals surface area contributed by atoms with Gasteiger partial charge in [-0.05, 0) is 17.7 Å². The van der Waals surface area contributed by atoms with Crippen molar-refractivity contribution in [3.05, 3.63) is 34.6 Å². The number of benzene rings is 1. The van der Waals surface area contributed by atoms with Gasteiger partial charge in [0.2, 0.25) is 5.91 Å². The number of sulfone groups is 1. The van der Waals surface area contributed by atoms with Gasteiger partial charge in [-0.2, -0.15) is 0 Å². The number of amides is 1. The van der Waals surface area contributed by atoms with E-state index in [1.54, 1.807) is 0 Å². The third kappa shape index (κ3) is 3.68. The Balaban J connectivity index is 1.97. The highest BCUT2D eigenvalue weighted by Gasteiger charge is 2.37. The summed E-state index contributed by atoms with van der Waals surface area (Å²) in [7, 11) is -3.32. The normalized spacial score (nSPS) is 24.6. The van der Waals surface area contributed by atoms with E-state index in [2.05, 4.69) is 5.32 Å². The summed E-state index contributed by atoms with van der Waals surface area (Å²) in [5.74, 6) is -1.74. The predicted octanol–water partition coefficient (Wildman–Crippen LogP) is 0.296. The molecular weight excluding hydrogens is 309 g/mol. The lowest BCUT2D eigenvalue weighted by Gasteiger charge is -2.14. The van der Waals surface area contributed by atoms with Crippen LogP contribution in [-0.2, 0) is 21.1 Å². The molecule has 1 amide bonds. The molecule has 110 valence electrons. The smallest absolute Gasteiger partial charge is 0.224 e. The summed E-state index contributed by atoms with van der Waals surface area (Å²) in [6.07, 6.45) is -1.22. The fourth-order valence-corrected chi connectivity index (χ4v) is 3.92. The summed E-state index contributed by atoms with van der Waals surface area (Å²) in [4.78, 5) is 11.7. The molecule has 0 aliphatic carbocycles. The van der Waals surface area contributed by atoms with Crippen LogP contribution in [-0.4, -0.2) is 43.1 Å². The van der Waals surface area contributed by atoms with Crippen LogP contribution in [0.25, 0.3) is 0 Å². The van der Waals surface area contributed by atoms with Crippen molar-refractivity contribution in [3.8, 4) is 0 Å². The molecule has 1 fully saturated rings. The van der Waals surface area contributed by atoms with Crippen molar-refractivity contribution in [1.82, 2.24) is 5.32 Å². The maximum Gasteiger partial charge on any atom is 0.224 e. The van der Waals surface area contributed by atoms with Crippen molar-refractivity contribution < 1.29 is 22.7 Å². The van der Waals surface area contributed by atoms with Crippen LogP contribution >= 0.6 is 11.6 Å². The number of carbonyl (C=O) groups is 1. The van der Waals surface area contributed by atoms with E-state index < -0.39 is 33.7 Å². The Kier molecular flexibility index (Phi) is 4.31. The molecule has 1 aromatic carbocycles.